The molecule has 1 N–H and O–H groups in total. The molecule has 0 bridgehead atoms. The highest BCUT2D eigenvalue weighted by Crippen LogP contribution is 2.19. The van der Waals surface area contributed by atoms with Crippen molar-refractivity contribution in [2.45, 2.75) is 32.4 Å². The SMILES string of the molecule is CC(C)(C)OC(=O)N1CCN(C2CNN=C2c2ccc(Cl)cc2)C(=O)C1. The first-order valence-electron chi connectivity index (χ1n) is 8.58. The lowest BCUT2D eigenvalue weighted by Gasteiger charge is -2.38. The predicted molar refractivity (Wildman–Crippen MR) is 99.3 cm³/mol. The van der Waals surface area contributed by atoms with Crippen LogP contribution in [0, 0.1) is 0 Å². The summed E-state index contributed by atoms with van der Waals surface area (Å²) in [6.45, 7) is 6.86. The summed E-state index contributed by atoms with van der Waals surface area (Å²) in [4.78, 5) is 28.1. The van der Waals surface area contributed by atoms with Crippen LogP contribution in [0.2, 0.25) is 5.02 Å². The van der Waals surface area contributed by atoms with Gasteiger partial charge in [-0.2, -0.15) is 5.10 Å². The van der Waals surface area contributed by atoms with E-state index in [9.17, 15) is 9.59 Å². The van der Waals surface area contributed by atoms with E-state index in [2.05, 4.69) is 10.5 Å². The second-order valence-electron chi connectivity index (χ2n) is 7.37. The number of carbonyl (C=O) groups is 2. The number of hydrazone groups is 1. The Morgan fingerprint density at radius 2 is 1.96 bits per heavy atom. The minimum absolute atomic E-state index is 0.0132. The van der Waals surface area contributed by atoms with Crippen LogP contribution < -0.4 is 5.43 Å². The zero-order chi connectivity index (χ0) is 18.9. The van der Waals surface area contributed by atoms with Crippen molar-refractivity contribution in [3.63, 3.8) is 0 Å². The third-order valence-electron chi connectivity index (χ3n) is 4.22. The fourth-order valence-corrected chi connectivity index (χ4v) is 3.15. The molecule has 140 valence electrons. The molecule has 1 unspecified atom stereocenters. The van der Waals surface area contributed by atoms with Crippen molar-refractivity contribution in [1.82, 2.24) is 15.2 Å². The van der Waals surface area contributed by atoms with Crippen molar-refractivity contribution >= 4 is 29.3 Å². The summed E-state index contributed by atoms with van der Waals surface area (Å²) in [5.74, 6) is -0.113. The number of rotatable bonds is 2. The minimum Gasteiger partial charge on any atom is -0.444 e. The molecule has 26 heavy (non-hydrogen) atoms. The molecule has 0 saturated carbocycles. The molecule has 0 radical (unpaired) electrons. The third-order valence-corrected chi connectivity index (χ3v) is 4.48. The summed E-state index contributed by atoms with van der Waals surface area (Å²) in [5.41, 5.74) is 4.12. The minimum atomic E-state index is -0.582. The molecule has 0 aromatic heterocycles. The molecule has 1 aromatic rings. The Bertz CT molecular complexity index is 727. The Labute approximate surface area is 157 Å². The zero-order valence-corrected chi connectivity index (χ0v) is 15.9. The van der Waals surface area contributed by atoms with Gasteiger partial charge in [0, 0.05) is 23.7 Å². The number of nitrogens with one attached hydrogen (secondary N) is 1. The lowest BCUT2D eigenvalue weighted by atomic mass is 10.0. The van der Waals surface area contributed by atoms with Crippen LogP contribution in [0.5, 0.6) is 0 Å². The molecule has 0 aliphatic carbocycles. The maximum atomic E-state index is 12.7. The quantitative estimate of drug-likeness (QED) is 0.855. The van der Waals surface area contributed by atoms with Crippen LogP contribution in [0.3, 0.4) is 0 Å². The van der Waals surface area contributed by atoms with Gasteiger partial charge in [-0.25, -0.2) is 4.79 Å². The van der Waals surface area contributed by atoms with E-state index in [0.29, 0.717) is 24.7 Å². The van der Waals surface area contributed by atoms with Crippen molar-refractivity contribution in [3.8, 4) is 0 Å². The Balaban J connectivity index is 1.68. The number of piperazine rings is 1. The van der Waals surface area contributed by atoms with Gasteiger partial charge >= 0.3 is 6.09 Å². The number of benzene rings is 1. The van der Waals surface area contributed by atoms with Crippen LogP contribution in [0.4, 0.5) is 4.79 Å². The number of hydrogen-bond donors (Lipinski definition) is 1. The van der Waals surface area contributed by atoms with Crippen LogP contribution in [0.1, 0.15) is 26.3 Å². The van der Waals surface area contributed by atoms with E-state index in [1.807, 2.05) is 32.9 Å². The highest BCUT2D eigenvalue weighted by atomic mass is 35.5. The lowest BCUT2D eigenvalue weighted by Crippen LogP contribution is -2.58. The molecule has 1 saturated heterocycles. The van der Waals surface area contributed by atoms with Crippen molar-refractivity contribution in [1.29, 1.82) is 0 Å². The largest absolute Gasteiger partial charge is 0.444 e. The Morgan fingerprint density at radius 1 is 1.27 bits per heavy atom. The van der Waals surface area contributed by atoms with Gasteiger partial charge in [0.1, 0.15) is 12.1 Å². The van der Waals surface area contributed by atoms with Gasteiger partial charge in [0.05, 0.1) is 18.3 Å². The maximum absolute atomic E-state index is 12.7. The van der Waals surface area contributed by atoms with Gasteiger partial charge in [-0.3, -0.25) is 9.69 Å². The van der Waals surface area contributed by atoms with E-state index in [1.54, 1.807) is 17.0 Å². The van der Waals surface area contributed by atoms with Crippen LogP contribution >= 0.6 is 11.6 Å². The van der Waals surface area contributed by atoms with Crippen molar-refractivity contribution < 1.29 is 14.3 Å². The fourth-order valence-electron chi connectivity index (χ4n) is 3.02. The molecular weight excluding hydrogens is 356 g/mol. The zero-order valence-electron chi connectivity index (χ0n) is 15.2. The topological polar surface area (TPSA) is 74.2 Å². The number of carbonyl (C=O) groups excluding carboxylic acids is 2. The van der Waals surface area contributed by atoms with Crippen molar-refractivity contribution in [2.75, 3.05) is 26.2 Å². The Kier molecular flexibility index (Phi) is 5.09. The number of amides is 2. The molecule has 1 aromatic carbocycles. The molecule has 2 aliphatic rings. The summed E-state index contributed by atoms with van der Waals surface area (Å²) >= 11 is 5.95. The normalized spacial score (nSPS) is 20.7. The van der Waals surface area contributed by atoms with E-state index in [0.717, 1.165) is 11.3 Å². The van der Waals surface area contributed by atoms with Crippen LogP contribution in [-0.2, 0) is 9.53 Å². The molecule has 2 heterocycles. The van der Waals surface area contributed by atoms with Gasteiger partial charge < -0.3 is 15.1 Å². The molecule has 2 amide bonds. The fraction of sp³-hybridized carbons (Fsp3) is 0.500. The number of hydrogen-bond acceptors (Lipinski definition) is 5. The summed E-state index contributed by atoms with van der Waals surface area (Å²) in [6.07, 6.45) is -0.457. The van der Waals surface area contributed by atoms with Crippen LogP contribution in [0.15, 0.2) is 29.4 Å². The van der Waals surface area contributed by atoms with E-state index >= 15 is 0 Å². The summed E-state index contributed by atoms with van der Waals surface area (Å²) in [5, 5.41) is 5.01. The molecule has 1 atom stereocenters. The Morgan fingerprint density at radius 3 is 2.58 bits per heavy atom. The van der Waals surface area contributed by atoms with Gasteiger partial charge in [0.15, 0.2) is 0 Å². The van der Waals surface area contributed by atoms with Gasteiger partial charge in [0.25, 0.3) is 0 Å². The first kappa shape index (κ1) is 18.5. The van der Waals surface area contributed by atoms with E-state index < -0.39 is 11.7 Å². The molecule has 8 heteroatoms. The van der Waals surface area contributed by atoms with Gasteiger partial charge in [-0.15, -0.1) is 0 Å². The standard InChI is InChI=1S/C18H23ClN4O3/c1-18(2,3)26-17(25)22-8-9-23(15(24)11-22)14-10-20-21-16(14)12-4-6-13(19)7-5-12/h4-7,14,20H,8-11H2,1-3H3. The maximum Gasteiger partial charge on any atom is 0.410 e. The summed E-state index contributed by atoms with van der Waals surface area (Å²) in [7, 11) is 0. The number of nitrogens with zero attached hydrogens (tertiary/aromatic N) is 3. The molecule has 2 aliphatic heterocycles. The first-order chi connectivity index (χ1) is 12.2. The molecular formula is C18H23ClN4O3. The molecule has 1 fully saturated rings. The summed E-state index contributed by atoms with van der Waals surface area (Å²) in [6, 6.07) is 7.23. The second-order valence-corrected chi connectivity index (χ2v) is 7.81. The third kappa shape index (κ3) is 4.09. The van der Waals surface area contributed by atoms with Crippen LogP contribution in [-0.4, -0.2) is 65.3 Å². The Hall–Kier alpha value is -2.28. The van der Waals surface area contributed by atoms with Crippen LogP contribution in [0.25, 0.3) is 0 Å². The molecule has 0 spiro atoms. The smallest absolute Gasteiger partial charge is 0.410 e. The number of halogens is 1. The van der Waals surface area contributed by atoms with Gasteiger partial charge in [-0.05, 0) is 32.9 Å². The molecule has 7 nitrogen and oxygen atoms in total. The van der Waals surface area contributed by atoms with Crippen molar-refractivity contribution in [2.24, 2.45) is 5.10 Å². The first-order valence-corrected chi connectivity index (χ1v) is 8.96. The predicted octanol–water partition coefficient (Wildman–Crippen LogP) is 2.10. The van der Waals surface area contributed by atoms with Crippen molar-refractivity contribution in [3.05, 3.63) is 34.9 Å². The van der Waals surface area contributed by atoms with E-state index in [1.165, 1.54) is 4.90 Å². The van der Waals surface area contributed by atoms with E-state index in [4.69, 9.17) is 16.3 Å². The van der Waals surface area contributed by atoms with Gasteiger partial charge in [0.2, 0.25) is 5.91 Å². The van der Waals surface area contributed by atoms with Gasteiger partial charge in [-0.1, -0.05) is 23.7 Å². The average molecular weight is 379 g/mol. The highest BCUT2D eigenvalue weighted by molar-refractivity contribution is 6.30. The summed E-state index contributed by atoms with van der Waals surface area (Å²) < 4.78 is 5.36. The lowest BCUT2D eigenvalue weighted by molar-refractivity contribution is -0.136. The second kappa shape index (κ2) is 7.15. The average Bonchev–Trinajstić information content (AvgIpc) is 3.03. The monoisotopic (exact) mass is 378 g/mol. The van der Waals surface area contributed by atoms with E-state index in [-0.39, 0.29) is 18.5 Å². The molecule has 3 rings (SSSR count). The highest BCUT2D eigenvalue weighted by Gasteiger charge is 2.37. The number of ether oxygens (including phenoxy) is 1.